The Morgan fingerprint density at radius 2 is 1.77 bits per heavy atom. The predicted octanol–water partition coefficient (Wildman–Crippen LogP) is 4.26. The second-order valence-corrected chi connectivity index (χ2v) is 5.41. The van der Waals surface area contributed by atoms with E-state index >= 15 is 0 Å². The van der Waals surface area contributed by atoms with Crippen molar-refractivity contribution >= 4 is 11.8 Å². The lowest BCUT2D eigenvalue weighted by Crippen LogP contribution is -2.45. The Labute approximate surface area is 126 Å². The molecule has 0 aliphatic carbocycles. The molecule has 1 heterocycles. The Bertz CT molecular complexity index is 750. The number of nitrogens with one attached hydrogen (secondary N) is 1. The highest BCUT2D eigenvalue weighted by atomic mass is 19.4. The lowest BCUT2D eigenvalue weighted by Gasteiger charge is -2.35. The molecule has 1 unspecified atom stereocenters. The number of hydrogen-bond donors (Lipinski definition) is 2. The molecule has 5 heteroatoms. The minimum Gasteiger partial charge on any atom is -0.360 e. The van der Waals surface area contributed by atoms with Crippen LogP contribution in [0.4, 0.5) is 18.9 Å². The van der Waals surface area contributed by atoms with Crippen LogP contribution in [-0.4, -0.2) is 0 Å². The van der Waals surface area contributed by atoms with Gasteiger partial charge in [-0.05, 0) is 30.2 Å². The van der Waals surface area contributed by atoms with Gasteiger partial charge in [-0.1, -0.05) is 42.5 Å². The molecule has 0 bridgehead atoms. The van der Waals surface area contributed by atoms with Gasteiger partial charge in [0.2, 0.25) is 0 Å². The maximum atomic E-state index is 13.2. The number of aryl methyl sites for hydroxylation is 1. The first-order valence-electron chi connectivity index (χ1n) is 6.84. The van der Waals surface area contributed by atoms with Gasteiger partial charge < -0.3 is 11.1 Å². The van der Waals surface area contributed by atoms with Gasteiger partial charge in [-0.3, -0.25) is 0 Å². The molecule has 0 fully saturated rings. The summed E-state index contributed by atoms with van der Waals surface area (Å²) >= 11 is 0. The summed E-state index contributed by atoms with van der Waals surface area (Å²) in [4.78, 5) is 0. The summed E-state index contributed by atoms with van der Waals surface area (Å²) in [7, 11) is 0. The summed E-state index contributed by atoms with van der Waals surface area (Å²) in [6.07, 6.45) is -1.13. The van der Waals surface area contributed by atoms with E-state index in [9.17, 15) is 13.2 Å². The number of para-hydroxylation sites is 1. The molecule has 22 heavy (non-hydrogen) atoms. The van der Waals surface area contributed by atoms with Gasteiger partial charge in [-0.15, -0.1) is 0 Å². The molecular weight excluding hydrogens is 289 g/mol. The standard InChI is InChI=1S/C17H15F3N2/c1-11-5-4-6-12-9-10-16(21,22-15(11)12)13-7-2-3-8-14(13)17(18,19)20/h2-10,22H,21H2,1H3. The summed E-state index contributed by atoms with van der Waals surface area (Å²) in [5.41, 5.74) is 6.74. The van der Waals surface area contributed by atoms with Crippen LogP contribution in [0.1, 0.15) is 22.3 Å². The van der Waals surface area contributed by atoms with Crippen LogP contribution in [0.25, 0.3) is 6.08 Å². The van der Waals surface area contributed by atoms with E-state index in [1.165, 1.54) is 12.1 Å². The highest BCUT2D eigenvalue weighted by Gasteiger charge is 2.39. The van der Waals surface area contributed by atoms with Crippen molar-refractivity contribution in [2.75, 3.05) is 5.32 Å². The molecule has 0 saturated carbocycles. The van der Waals surface area contributed by atoms with Crippen molar-refractivity contribution in [1.29, 1.82) is 0 Å². The summed E-state index contributed by atoms with van der Waals surface area (Å²) in [5, 5.41) is 3.06. The molecule has 1 atom stereocenters. The maximum absolute atomic E-state index is 13.2. The smallest absolute Gasteiger partial charge is 0.360 e. The van der Waals surface area contributed by atoms with Gasteiger partial charge in [-0.2, -0.15) is 13.2 Å². The van der Waals surface area contributed by atoms with Crippen LogP contribution in [0.2, 0.25) is 0 Å². The predicted molar refractivity (Wildman–Crippen MR) is 81.1 cm³/mol. The average Bonchev–Trinajstić information content (AvgIpc) is 2.48. The molecule has 114 valence electrons. The lowest BCUT2D eigenvalue weighted by molar-refractivity contribution is -0.138. The minimum absolute atomic E-state index is 0.00709. The van der Waals surface area contributed by atoms with Gasteiger partial charge in [0, 0.05) is 11.3 Å². The molecular formula is C17H15F3N2. The number of rotatable bonds is 1. The van der Waals surface area contributed by atoms with Crippen molar-refractivity contribution in [1.82, 2.24) is 0 Å². The first-order valence-corrected chi connectivity index (χ1v) is 6.84. The highest BCUT2D eigenvalue weighted by molar-refractivity contribution is 5.75. The molecule has 0 radical (unpaired) electrons. The number of halogens is 3. The number of benzene rings is 2. The molecule has 0 spiro atoms. The molecule has 1 aliphatic heterocycles. The Balaban J connectivity index is 2.13. The monoisotopic (exact) mass is 304 g/mol. The number of nitrogens with two attached hydrogens (primary N) is 1. The first-order chi connectivity index (χ1) is 10.3. The fourth-order valence-corrected chi connectivity index (χ4v) is 2.72. The van der Waals surface area contributed by atoms with Gasteiger partial charge >= 0.3 is 6.18 Å². The topological polar surface area (TPSA) is 38.0 Å². The van der Waals surface area contributed by atoms with E-state index in [0.29, 0.717) is 0 Å². The summed E-state index contributed by atoms with van der Waals surface area (Å²) in [6.45, 7) is 1.89. The van der Waals surface area contributed by atoms with Crippen LogP contribution >= 0.6 is 0 Å². The third-order valence-corrected chi connectivity index (χ3v) is 3.84. The van der Waals surface area contributed by atoms with E-state index < -0.39 is 17.4 Å². The molecule has 0 amide bonds. The van der Waals surface area contributed by atoms with E-state index in [4.69, 9.17) is 5.73 Å². The van der Waals surface area contributed by atoms with Crippen molar-refractivity contribution < 1.29 is 13.2 Å². The zero-order valence-electron chi connectivity index (χ0n) is 11.9. The van der Waals surface area contributed by atoms with Crippen molar-refractivity contribution in [2.24, 2.45) is 5.73 Å². The van der Waals surface area contributed by atoms with Crippen LogP contribution in [0.15, 0.2) is 48.5 Å². The zero-order valence-corrected chi connectivity index (χ0v) is 11.9. The van der Waals surface area contributed by atoms with Crippen LogP contribution in [0, 0.1) is 6.92 Å². The van der Waals surface area contributed by atoms with Crippen molar-refractivity contribution in [3.63, 3.8) is 0 Å². The average molecular weight is 304 g/mol. The Morgan fingerprint density at radius 1 is 1.05 bits per heavy atom. The summed E-state index contributed by atoms with van der Waals surface area (Å²) in [6, 6.07) is 11.1. The second-order valence-electron chi connectivity index (χ2n) is 5.41. The van der Waals surface area contributed by atoms with E-state index in [-0.39, 0.29) is 5.56 Å². The Hall–Kier alpha value is -2.27. The van der Waals surface area contributed by atoms with E-state index in [1.54, 1.807) is 18.2 Å². The first kappa shape index (κ1) is 14.7. The van der Waals surface area contributed by atoms with Gasteiger partial charge in [0.05, 0.1) is 5.56 Å². The summed E-state index contributed by atoms with van der Waals surface area (Å²) < 4.78 is 39.7. The van der Waals surface area contributed by atoms with E-state index in [1.807, 2.05) is 25.1 Å². The van der Waals surface area contributed by atoms with Gasteiger partial charge in [0.25, 0.3) is 0 Å². The van der Waals surface area contributed by atoms with Gasteiger partial charge in [-0.25, -0.2) is 0 Å². The van der Waals surface area contributed by atoms with Crippen molar-refractivity contribution in [2.45, 2.75) is 18.8 Å². The normalized spacial score (nSPS) is 20.4. The van der Waals surface area contributed by atoms with Crippen LogP contribution < -0.4 is 11.1 Å². The third kappa shape index (κ3) is 2.37. The van der Waals surface area contributed by atoms with Gasteiger partial charge in [0.1, 0.15) is 5.66 Å². The number of alkyl halides is 3. The second kappa shape index (κ2) is 4.88. The largest absolute Gasteiger partial charge is 0.416 e. The molecule has 3 N–H and O–H groups in total. The molecule has 1 aliphatic rings. The Morgan fingerprint density at radius 3 is 2.50 bits per heavy atom. The number of fused-ring (bicyclic) bond motifs is 1. The quantitative estimate of drug-likeness (QED) is 0.826. The fourth-order valence-electron chi connectivity index (χ4n) is 2.72. The summed E-state index contributed by atoms with van der Waals surface area (Å²) in [5.74, 6) is 0. The SMILES string of the molecule is Cc1cccc2c1NC(N)(c1ccccc1C(F)(F)F)C=C2. The number of anilines is 1. The Kier molecular flexibility index (Phi) is 3.25. The van der Waals surface area contributed by atoms with Crippen LogP contribution in [-0.2, 0) is 11.8 Å². The lowest BCUT2D eigenvalue weighted by atomic mass is 9.89. The van der Waals surface area contributed by atoms with Crippen molar-refractivity contribution in [3.05, 3.63) is 70.8 Å². The maximum Gasteiger partial charge on any atom is 0.416 e. The highest BCUT2D eigenvalue weighted by Crippen LogP contribution is 2.39. The molecule has 0 saturated heterocycles. The van der Waals surface area contributed by atoms with E-state index in [0.717, 1.165) is 22.9 Å². The molecule has 2 aromatic carbocycles. The molecule has 2 nitrogen and oxygen atoms in total. The molecule has 0 aromatic heterocycles. The van der Waals surface area contributed by atoms with Crippen molar-refractivity contribution in [3.8, 4) is 0 Å². The zero-order chi connectivity index (χ0) is 16.0. The number of hydrogen-bond acceptors (Lipinski definition) is 2. The molecule has 2 aromatic rings. The van der Waals surface area contributed by atoms with Crippen LogP contribution in [0.3, 0.4) is 0 Å². The third-order valence-electron chi connectivity index (χ3n) is 3.84. The van der Waals surface area contributed by atoms with Crippen LogP contribution in [0.5, 0.6) is 0 Å². The fraction of sp³-hybridized carbons (Fsp3) is 0.176. The van der Waals surface area contributed by atoms with E-state index in [2.05, 4.69) is 5.32 Å². The minimum atomic E-state index is -4.45. The molecule has 3 rings (SSSR count). The van der Waals surface area contributed by atoms with Gasteiger partial charge in [0.15, 0.2) is 0 Å².